The number of aromatic nitrogens is 1. The number of anilines is 1. The molecule has 3 heterocycles. The van der Waals surface area contributed by atoms with Crippen LogP contribution in [0, 0.1) is 6.92 Å². The quantitative estimate of drug-likeness (QED) is 0.0474. The van der Waals surface area contributed by atoms with Crippen molar-refractivity contribution < 1.29 is 36.8 Å². The molecule has 4 aromatic carbocycles. The molecule has 1 fully saturated rings. The first-order valence-corrected chi connectivity index (χ1v) is 20.3. The Hall–Kier alpha value is -5.59. The van der Waals surface area contributed by atoms with Gasteiger partial charge in [-0.25, -0.2) is 4.79 Å². The molecule has 0 saturated carbocycles. The van der Waals surface area contributed by atoms with Crippen LogP contribution in [0.5, 0.6) is 0 Å². The van der Waals surface area contributed by atoms with Crippen molar-refractivity contribution in [2.75, 3.05) is 25.5 Å². The van der Waals surface area contributed by atoms with Crippen LogP contribution in [0.1, 0.15) is 63.5 Å². The zero-order valence-corrected chi connectivity index (χ0v) is 33.4. The third kappa shape index (κ3) is 6.92. The van der Waals surface area contributed by atoms with Crippen LogP contribution in [0.3, 0.4) is 0 Å². The van der Waals surface area contributed by atoms with E-state index in [4.69, 9.17) is 4.84 Å². The van der Waals surface area contributed by atoms with Gasteiger partial charge in [0.15, 0.2) is 5.71 Å². The number of nitrogens with zero attached hydrogens (tertiary/aromatic N) is 4. The van der Waals surface area contributed by atoms with Gasteiger partial charge in [-0.05, 0) is 85.7 Å². The van der Waals surface area contributed by atoms with Crippen LogP contribution in [0.25, 0.3) is 38.5 Å². The fourth-order valence-corrected chi connectivity index (χ4v) is 8.98. The van der Waals surface area contributed by atoms with Gasteiger partial charge in [0, 0.05) is 80.7 Å². The maximum absolute atomic E-state index is 12.4. The van der Waals surface area contributed by atoms with Gasteiger partial charge < -0.3 is 14.3 Å². The summed E-state index contributed by atoms with van der Waals surface area (Å²) in [5.74, 6) is -1.61. The molecule has 1 N–H and O–H groups in total. The molecule has 2 amide bonds. The van der Waals surface area contributed by atoms with Gasteiger partial charge in [-0.2, -0.15) is 13.0 Å². The number of aryl methyl sites for hydroxylation is 2. The average molecular weight is 776 g/mol. The number of fused-ring (bicyclic) bond motifs is 3. The molecular formula is C44H47N4O7S+. The predicted octanol–water partition coefficient (Wildman–Crippen LogP) is 6.96. The second-order valence-corrected chi connectivity index (χ2v) is 16.8. The van der Waals surface area contributed by atoms with Crippen LogP contribution < -0.4 is 10.2 Å². The Kier molecular flexibility index (Phi) is 10.2. The number of hydrogen-bond donors (Lipinski definition) is 1. The van der Waals surface area contributed by atoms with Crippen molar-refractivity contribution >= 4 is 83.5 Å². The highest BCUT2D eigenvalue weighted by Crippen LogP contribution is 2.45. The maximum Gasteiger partial charge on any atom is 0.333 e. The van der Waals surface area contributed by atoms with Crippen LogP contribution in [-0.4, -0.2) is 71.3 Å². The van der Waals surface area contributed by atoms with Crippen molar-refractivity contribution in [3.8, 4) is 0 Å². The monoisotopic (exact) mass is 775 g/mol. The largest absolute Gasteiger partial charge is 0.376 e. The van der Waals surface area contributed by atoms with Gasteiger partial charge in [0.1, 0.15) is 6.54 Å². The topological polar surface area (TPSA) is 129 Å². The van der Waals surface area contributed by atoms with Gasteiger partial charge in [0.25, 0.3) is 21.9 Å². The summed E-state index contributed by atoms with van der Waals surface area (Å²) in [4.78, 5) is 43.1. The van der Waals surface area contributed by atoms with Crippen molar-refractivity contribution in [3.63, 3.8) is 0 Å². The van der Waals surface area contributed by atoms with E-state index in [0.717, 1.165) is 50.8 Å². The summed E-state index contributed by atoms with van der Waals surface area (Å²) in [6.07, 6.45) is 12.4. The maximum atomic E-state index is 12.4. The lowest BCUT2D eigenvalue weighted by Gasteiger charge is -2.18. The van der Waals surface area contributed by atoms with E-state index in [9.17, 15) is 27.4 Å². The number of carbonyl (C=O) groups is 3. The minimum absolute atomic E-state index is 0.0490. The minimum Gasteiger partial charge on any atom is -0.376 e. The molecule has 1 aromatic heterocycles. The van der Waals surface area contributed by atoms with E-state index in [2.05, 4.69) is 97.6 Å². The first-order valence-electron chi connectivity index (χ1n) is 18.9. The number of imide groups is 1. The standard InChI is InChI=1S/C44H46N4O7S/c1-28-26-30(56(52,53)54)27-33-31(28)20-22-35-42(33)44(2,3)37(47(35)25-12-8-11-18-40(51)55-48-38(49)23-24-39(48)50)17-10-7-9-16-34-32-15-13-14-29-19-21-36(45(4)5)43(41(29)32)46(34)6/h7,9-10,13-17,19-22,26-27H,8,11-12,18,23-25H2,1-6H3/p+1. The molecule has 1 saturated heterocycles. The van der Waals surface area contributed by atoms with Crippen molar-refractivity contribution in [1.29, 1.82) is 0 Å². The number of hydrogen-bond acceptors (Lipinski definition) is 7. The summed E-state index contributed by atoms with van der Waals surface area (Å²) in [5.41, 5.74) is 5.46. The van der Waals surface area contributed by atoms with E-state index in [1.165, 1.54) is 27.7 Å². The van der Waals surface area contributed by atoms with Gasteiger partial charge >= 0.3 is 5.97 Å². The molecular weight excluding hydrogens is 729 g/mol. The Morgan fingerprint density at radius 3 is 2.41 bits per heavy atom. The highest BCUT2D eigenvalue weighted by atomic mass is 32.2. The van der Waals surface area contributed by atoms with Gasteiger partial charge in [-0.1, -0.05) is 42.5 Å². The Morgan fingerprint density at radius 1 is 0.946 bits per heavy atom. The molecule has 5 aromatic rings. The Labute approximate surface area is 326 Å². The van der Waals surface area contributed by atoms with Crippen LogP contribution >= 0.6 is 0 Å². The summed E-state index contributed by atoms with van der Waals surface area (Å²) in [6, 6.07) is 17.8. The van der Waals surface area contributed by atoms with Gasteiger partial charge in [0.05, 0.1) is 21.5 Å². The normalized spacial score (nSPS) is 16.3. The number of rotatable bonds is 12. The number of benzene rings is 4. The third-order valence-corrected chi connectivity index (χ3v) is 11.9. The van der Waals surface area contributed by atoms with Gasteiger partial charge in [-0.15, -0.1) is 5.06 Å². The lowest BCUT2D eigenvalue weighted by Crippen LogP contribution is -2.31. The molecule has 56 heavy (non-hydrogen) atoms. The van der Waals surface area contributed by atoms with Crippen molar-refractivity contribution in [3.05, 3.63) is 95.4 Å². The molecule has 0 aliphatic carbocycles. The third-order valence-electron chi connectivity index (χ3n) is 11.1. The summed E-state index contributed by atoms with van der Waals surface area (Å²) in [7, 11) is 1.77. The first-order chi connectivity index (χ1) is 26.6. The van der Waals surface area contributed by atoms with E-state index >= 15 is 0 Å². The van der Waals surface area contributed by atoms with Crippen LogP contribution in [0.4, 0.5) is 11.4 Å². The lowest BCUT2D eigenvalue weighted by atomic mass is 9.78. The van der Waals surface area contributed by atoms with E-state index < -0.39 is 33.3 Å². The molecule has 2 aliphatic heterocycles. The SMILES string of the molecule is Cc1cc(S(=O)(=O)O)cc2c3c(ccc12)[N+](CCCCCC(=O)ON1C(=O)CCC1=O)=C(C=CC=CC=c1c2cccc4ccc(N(C)C)c(c42)n1C)C3(C)C. The molecule has 0 radical (unpaired) electrons. The number of carbonyl (C=O) groups excluding carboxylic acids is 3. The second kappa shape index (κ2) is 14.8. The molecule has 290 valence electrons. The predicted molar refractivity (Wildman–Crippen MR) is 220 cm³/mol. The highest BCUT2D eigenvalue weighted by Gasteiger charge is 2.45. The lowest BCUT2D eigenvalue weighted by molar-refractivity contribution is -0.438. The second-order valence-electron chi connectivity index (χ2n) is 15.4. The van der Waals surface area contributed by atoms with Crippen molar-refractivity contribution in [1.82, 2.24) is 9.63 Å². The van der Waals surface area contributed by atoms with Crippen LogP contribution in [0.2, 0.25) is 0 Å². The molecule has 0 atom stereocenters. The Morgan fingerprint density at radius 2 is 1.70 bits per heavy atom. The van der Waals surface area contributed by atoms with E-state index in [1.807, 2.05) is 31.2 Å². The number of hydroxylamine groups is 2. The van der Waals surface area contributed by atoms with Crippen LogP contribution in [-0.2, 0) is 41.8 Å². The molecule has 11 nitrogen and oxygen atoms in total. The molecule has 0 bridgehead atoms. The summed E-state index contributed by atoms with van der Waals surface area (Å²) in [6.45, 7) is 6.70. The number of allylic oxidation sites excluding steroid dienone is 4. The molecule has 0 spiro atoms. The summed E-state index contributed by atoms with van der Waals surface area (Å²) < 4.78 is 39.2. The molecule has 2 aliphatic rings. The highest BCUT2D eigenvalue weighted by molar-refractivity contribution is 7.85. The van der Waals surface area contributed by atoms with Gasteiger partial charge in [0.2, 0.25) is 5.69 Å². The Bertz CT molecular complexity index is 2700. The molecule has 12 heteroatoms. The number of amides is 2. The zero-order valence-electron chi connectivity index (χ0n) is 32.6. The average Bonchev–Trinajstić information content (AvgIpc) is 3.69. The summed E-state index contributed by atoms with van der Waals surface area (Å²) in [5, 5.41) is 6.97. The zero-order chi connectivity index (χ0) is 40.1. The van der Waals surface area contributed by atoms with E-state index in [0.29, 0.717) is 24.4 Å². The fraction of sp³-hybridized carbons (Fsp3) is 0.318. The smallest absolute Gasteiger partial charge is 0.333 e. The van der Waals surface area contributed by atoms with E-state index in [-0.39, 0.29) is 24.2 Å². The van der Waals surface area contributed by atoms with Gasteiger partial charge in [-0.3, -0.25) is 14.1 Å². The summed E-state index contributed by atoms with van der Waals surface area (Å²) >= 11 is 0. The first kappa shape index (κ1) is 38.7. The van der Waals surface area contributed by atoms with Crippen molar-refractivity contribution in [2.24, 2.45) is 7.05 Å². The Balaban J connectivity index is 1.20. The number of unbranched alkanes of at least 4 members (excludes halogenated alkanes) is 2. The van der Waals surface area contributed by atoms with Crippen molar-refractivity contribution in [2.45, 2.75) is 69.6 Å². The van der Waals surface area contributed by atoms with Crippen LogP contribution in [0.15, 0.2) is 83.8 Å². The minimum atomic E-state index is -4.44. The molecule has 7 rings (SSSR count). The van der Waals surface area contributed by atoms with E-state index in [1.54, 1.807) is 6.07 Å². The molecule has 0 unspecified atom stereocenters. The fourth-order valence-electron chi connectivity index (χ4n) is 8.39.